The van der Waals surface area contributed by atoms with Crippen molar-refractivity contribution in [3.8, 4) is 0 Å². The molecule has 178 valence electrons. The number of nitrogens with zero attached hydrogens (tertiary/aromatic N) is 2. The summed E-state index contributed by atoms with van der Waals surface area (Å²) in [5.74, 6) is 0. The number of allylic oxidation sites excluding steroid dienone is 1. The van der Waals surface area contributed by atoms with Gasteiger partial charge in [-0.05, 0) is 37.1 Å². The van der Waals surface area contributed by atoms with Crippen LogP contribution in [0.5, 0.6) is 0 Å². The Labute approximate surface area is 180 Å². The average Bonchev–Trinajstić information content (AvgIpc) is 2.65. The van der Waals surface area contributed by atoms with Crippen LogP contribution in [0.1, 0.15) is 36.4 Å². The van der Waals surface area contributed by atoms with Crippen molar-refractivity contribution in [3.05, 3.63) is 65.8 Å². The summed E-state index contributed by atoms with van der Waals surface area (Å²) in [6.07, 6.45) is -6.14. The van der Waals surface area contributed by atoms with Crippen molar-refractivity contribution >= 4 is 15.7 Å². The largest absolute Gasteiger partial charge is 0.433 e. The van der Waals surface area contributed by atoms with E-state index in [0.717, 1.165) is 24.6 Å². The van der Waals surface area contributed by atoms with E-state index in [9.17, 15) is 39.9 Å². The van der Waals surface area contributed by atoms with Gasteiger partial charge in [-0.25, -0.2) is 0 Å². The van der Waals surface area contributed by atoms with Gasteiger partial charge >= 0.3 is 12.4 Å². The van der Waals surface area contributed by atoms with Crippen LogP contribution in [0.15, 0.2) is 43.2 Å². The molecular weight excluding hydrogens is 466 g/mol. The fraction of sp³-hybridized carbons (Fsp3) is 0.368. The molecule has 6 nitrogen and oxygen atoms in total. The van der Waals surface area contributed by atoms with E-state index in [4.69, 9.17) is 0 Å². The van der Waals surface area contributed by atoms with E-state index < -0.39 is 46.1 Å². The average molecular weight is 486 g/mol. The standard InChI is InChI=1S/C10H12F3NO4S.C9H8F3N/c1-9(15,6-18-19(2,16)17)7-3-4-8(14-5-7)10(11,12)13;1-6(2)7-3-4-8(13-5-7)9(10,11)12/h3-5,15H,6H2,1-2H3;3-5H,1H2,2H3/t9-;/m1./s1. The second kappa shape index (κ2) is 9.96. The molecule has 0 fully saturated rings. The van der Waals surface area contributed by atoms with Crippen molar-refractivity contribution < 1.29 is 44.0 Å². The normalized spacial score (nSPS) is 14.2. The highest BCUT2D eigenvalue weighted by Crippen LogP contribution is 2.29. The first kappa shape index (κ1) is 27.5. The van der Waals surface area contributed by atoms with Crippen LogP contribution in [0, 0.1) is 0 Å². The van der Waals surface area contributed by atoms with Gasteiger partial charge in [0, 0.05) is 18.0 Å². The highest BCUT2D eigenvalue weighted by atomic mass is 32.2. The van der Waals surface area contributed by atoms with E-state index in [0.29, 0.717) is 17.2 Å². The number of alkyl halides is 6. The summed E-state index contributed by atoms with van der Waals surface area (Å²) in [4.78, 5) is 6.46. The molecule has 1 N–H and O–H groups in total. The van der Waals surface area contributed by atoms with Gasteiger partial charge < -0.3 is 5.11 Å². The quantitative estimate of drug-likeness (QED) is 0.497. The van der Waals surface area contributed by atoms with E-state index in [-0.39, 0.29) is 5.56 Å². The molecule has 32 heavy (non-hydrogen) atoms. The van der Waals surface area contributed by atoms with Crippen molar-refractivity contribution in [2.75, 3.05) is 12.9 Å². The molecule has 0 aliphatic rings. The van der Waals surface area contributed by atoms with Crippen LogP contribution in [0.25, 0.3) is 5.57 Å². The van der Waals surface area contributed by atoms with Crippen LogP contribution >= 0.6 is 0 Å². The summed E-state index contributed by atoms with van der Waals surface area (Å²) in [5.41, 5.74) is -2.41. The third-order valence-corrected chi connectivity index (χ3v) is 4.32. The lowest BCUT2D eigenvalue weighted by atomic mass is 9.99. The Hall–Kier alpha value is -2.51. The Morgan fingerprint density at radius 3 is 1.78 bits per heavy atom. The molecule has 0 saturated carbocycles. The summed E-state index contributed by atoms with van der Waals surface area (Å²) < 4.78 is 99.0. The number of rotatable bonds is 5. The lowest BCUT2D eigenvalue weighted by molar-refractivity contribution is -0.142. The van der Waals surface area contributed by atoms with E-state index >= 15 is 0 Å². The van der Waals surface area contributed by atoms with Gasteiger partial charge in [0.15, 0.2) is 0 Å². The minimum atomic E-state index is -4.58. The van der Waals surface area contributed by atoms with Crippen LogP contribution in [-0.2, 0) is 32.3 Å². The summed E-state index contributed by atoms with van der Waals surface area (Å²) in [7, 11) is -3.76. The lowest BCUT2D eigenvalue weighted by Gasteiger charge is -2.22. The minimum absolute atomic E-state index is 0.0177. The van der Waals surface area contributed by atoms with Crippen LogP contribution < -0.4 is 0 Å². The molecule has 0 saturated heterocycles. The molecule has 0 aromatic carbocycles. The molecule has 0 aliphatic heterocycles. The maximum absolute atomic E-state index is 12.3. The Balaban J connectivity index is 0.000000343. The molecule has 0 bridgehead atoms. The fourth-order valence-corrected chi connectivity index (χ4v) is 2.44. The van der Waals surface area contributed by atoms with E-state index in [1.807, 2.05) is 0 Å². The van der Waals surface area contributed by atoms with Gasteiger partial charge in [-0.3, -0.25) is 14.2 Å². The van der Waals surface area contributed by atoms with Gasteiger partial charge in [0.1, 0.15) is 17.0 Å². The molecule has 2 aromatic rings. The number of halogens is 6. The maximum atomic E-state index is 12.3. The predicted molar refractivity (Wildman–Crippen MR) is 104 cm³/mol. The number of pyridine rings is 2. The molecule has 0 radical (unpaired) electrons. The summed E-state index contributed by atoms with van der Waals surface area (Å²) in [6, 6.07) is 4.02. The summed E-state index contributed by atoms with van der Waals surface area (Å²) in [6.45, 7) is 5.91. The maximum Gasteiger partial charge on any atom is 0.433 e. The second-order valence-electron chi connectivity index (χ2n) is 6.88. The smallest absolute Gasteiger partial charge is 0.383 e. The van der Waals surface area contributed by atoms with Crippen molar-refractivity contribution in [1.29, 1.82) is 0 Å². The molecule has 2 heterocycles. The topological polar surface area (TPSA) is 89.4 Å². The van der Waals surface area contributed by atoms with Crippen molar-refractivity contribution in [1.82, 2.24) is 9.97 Å². The third-order valence-electron chi connectivity index (χ3n) is 3.78. The zero-order valence-electron chi connectivity index (χ0n) is 17.1. The van der Waals surface area contributed by atoms with E-state index in [1.165, 1.54) is 19.2 Å². The highest BCUT2D eigenvalue weighted by molar-refractivity contribution is 7.85. The van der Waals surface area contributed by atoms with Crippen molar-refractivity contribution in [2.24, 2.45) is 0 Å². The number of hydrogen-bond donors (Lipinski definition) is 1. The van der Waals surface area contributed by atoms with Gasteiger partial charge in [0.25, 0.3) is 10.1 Å². The molecule has 0 spiro atoms. The Kier molecular flexibility index (Phi) is 8.57. The Morgan fingerprint density at radius 1 is 1.00 bits per heavy atom. The predicted octanol–water partition coefficient (Wildman–Crippen LogP) is 4.42. The van der Waals surface area contributed by atoms with Gasteiger partial charge in [-0.15, -0.1) is 0 Å². The van der Waals surface area contributed by atoms with Gasteiger partial charge in [0.05, 0.1) is 12.9 Å². The molecule has 2 aromatic heterocycles. The monoisotopic (exact) mass is 486 g/mol. The molecule has 0 unspecified atom stereocenters. The molecule has 1 atom stereocenters. The zero-order chi connectivity index (χ0) is 25.0. The molecule has 13 heteroatoms. The highest BCUT2D eigenvalue weighted by Gasteiger charge is 2.34. The molecular formula is C19H20F6N2O4S. The molecule has 0 aliphatic carbocycles. The molecule has 0 amide bonds. The SMILES string of the molecule is C=C(C)c1ccc(C(F)(F)F)nc1.C[C@@](O)(COS(C)(=O)=O)c1ccc(C(F)(F)F)nc1. The minimum Gasteiger partial charge on any atom is -0.383 e. The number of aromatic nitrogens is 2. The number of aliphatic hydroxyl groups is 1. The first-order chi connectivity index (χ1) is 14.3. The van der Waals surface area contributed by atoms with Crippen LogP contribution in [-0.4, -0.2) is 36.4 Å². The summed E-state index contributed by atoms with van der Waals surface area (Å²) in [5, 5.41) is 9.93. The lowest BCUT2D eigenvalue weighted by Crippen LogP contribution is -2.29. The first-order valence-electron chi connectivity index (χ1n) is 8.62. The zero-order valence-corrected chi connectivity index (χ0v) is 17.9. The summed E-state index contributed by atoms with van der Waals surface area (Å²) >= 11 is 0. The Morgan fingerprint density at radius 2 is 1.47 bits per heavy atom. The third kappa shape index (κ3) is 8.93. The molecule has 2 rings (SSSR count). The first-order valence-corrected chi connectivity index (χ1v) is 10.4. The van der Waals surface area contributed by atoms with Crippen molar-refractivity contribution in [3.63, 3.8) is 0 Å². The Bertz CT molecular complexity index is 1020. The van der Waals surface area contributed by atoms with Crippen LogP contribution in [0.2, 0.25) is 0 Å². The van der Waals surface area contributed by atoms with Gasteiger partial charge in [-0.1, -0.05) is 18.7 Å². The van der Waals surface area contributed by atoms with Crippen LogP contribution in [0.4, 0.5) is 26.3 Å². The van der Waals surface area contributed by atoms with Gasteiger partial charge in [-0.2, -0.15) is 34.8 Å². The van der Waals surface area contributed by atoms with E-state index in [2.05, 4.69) is 20.7 Å². The number of hydrogen-bond acceptors (Lipinski definition) is 6. The van der Waals surface area contributed by atoms with Crippen molar-refractivity contribution in [2.45, 2.75) is 31.8 Å². The van der Waals surface area contributed by atoms with Crippen LogP contribution in [0.3, 0.4) is 0 Å². The fourth-order valence-electron chi connectivity index (χ4n) is 2.00. The van der Waals surface area contributed by atoms with E-state index in [1.54, 1.807) is 6.92 Å². The second-order valence-corrected chi connectivity index (χ2v) is 8.52. The van der Waals surface area contributed by atoms with Gasteiger partial charge in [0.2, 0.25) is 0 Å².